The Morgan fingerprint density at radius 2 is 1.89 bits per heavy atom. The third-order valence-electron chi connectivity index (χ3n) is 2.44. The third kappa shape index (κ3) is 2.09. The molecular formula is C11H13N3O3S. The van der Waals surface area contributed by atoms with Gasteiger partial charge in [0.05, 0.1) is 5.69 Å². The molecule has 0 bridgehead atoms. The molecule has 1 N–H and O–H groups in total. The summed E-state index contributed by atoms with van der Waals surface area (Å²) in [6, 6.07) is 8.16. The van der Waals surface area contributed by atoms with E-state index in [2.05, 4.69) is 5.10 Å². The molecule has 0 saturated carbocycles. The van der Waals surface area contributed by atoms with Gasteiger partial charge in [-0.15, -0.1) is 0 Å². The number of rotatable bonds is 3. The first-order valence-corrected chi connectivity index (χ1v) is 6.59. The molecule has 6 nitrogen and oxygen atoms in total. The molecule has 7 heteroatoms. The van der Waals surface area contributed by atoms with Gasteiger partial charge in [0.1, 0.15) is 5.75 Å². The summed E-state index contributed by atoms with van der Waals surface area (Å²) >= 11 is 0. The van der Waals surface area contributed by atoms with Crippen molar-refractivity contribution in [1.29, 1.82) is 0 Å². The van der Waals surface area contributed by atoms with Crippen molar-refractivity contribution >= 4 is 10.2 Å². The Balaban J connectivity index is 2.47. The summed E-state index contributed by atoms with van der Waals surface area (Å²) < 4.78 is 25.6. The molecule has 0 radical (unpaired) electrons. The van der Waals surface area contributed by atoms with Crippen LogP contribution in [0, 0.1) is 0 Å². The van der Waals surface area contributed by atoms with E-state index in [4.69, 9.17) is 0 Å². The van der Waals surface area contributed by atoms with Crippen LogP contribution in [-0.2, 0) is 10.2 Å². The van der Waals surface area contributed by atoms with Gasteiger partial charge in [0.25, 0.3) is 0 Å². The van der Waals surface area contributed by atoms with Crippen molar-refractivity contribution in [3.05, 3.63) is 36.5 Å². The number of phenols is 1. The first-order chi connectivity index (χ1) is 8.43. The van der Waals surface area contributed by atoms with Gasteiger partial charge < -0.3 is 5.11 Å². The number of nitrogens with zero attached hydrogens (tertiary/aromatic N) is 3. The zero-order chi connectivity index (χ0) is 13.3. The average molecular weight is 267 g/mol. The quantitative estimate of drug-likeness (QED) is 0.897. The van der Waals surface area contributed by atoms with Gasteiger partial charge in [0, 0.05) is 25.9 Å². The van der Waals surface area contributed by atoms with Gasteiger partial charge in [0.2, 0.25) is 0 Å². The number of hydrogen-bond acceptors (Lipinski definition) is 4. The SMILES string of the molecule is CN(C)S(=O)(=O)n1ccc(-c2ccccc2O)n1. The van der Waals surface area contributed by atoms with Crippen LogP contribution >= 0.6 is 0 Å². The third-order valence-corrected chi connectivity index (χ3v) is 4.04. The summed E-state index contributed by atoms with van der Waals surface area (Å²) in [6.07, 6.45) is 1.34. The van der Waals surface area contributed by atoms with Crippen LogP contribution in [-0.4, -0.2) is 41.1 Å². The Bertz CT molecular complexity index is 662. The van der Waals surface area contributed by atoms with Gasteiger partial charge in [-0.3, -0.25) is 0 Å². The van der Waals surface area contributed by atoms with Crippen molar-refractivity contribution in [1.82, 2.24) is 13.5 Å². The second kappa shape index (κ2) is 4.43. The number of para-hydroxylation sites is 1. The molecule has 0 aliphatic carbocycles. The minimum atomic E-state index is -3.62. The minimum Gasteiger partial charge on any atom is -0.507 e. The van der Waals surface area contributed by atoms with E-state index in [9.17, 15) is 13.5 Å². The van der Waals surface area contributed by atoms with Crippen molar-refractivity contribution in [3.8, 4) is 17.0 Å². The first-order valence-electron chi connectivity index (χ1n) is 5.20. The van der Waals surface area contributed by atoms with Crippen LogP contribution < -0.4 is 0 Å². The smallest absolute Gasteiger partial charge is 0.322 e. The molecule has 0 unspecified atom stereocenters. The molecule has 1 heterocycles. The zero-order valence-corrected chi connectivity index (χ0v) is 10.8. The standard InChI is InChI=1S/C11H13N3O3S/c1-13(2)18(16,17)14-8-7-10(12-14)9-5-3-4-6-11(9)15/h3-8,15H,1-2H3. The maximum atomic E-state index is 11.8. The Morgan fingerprint density at radius 3 is 2.50 bits per heavy atom. The number of aromatic hydroxyl groups is 1. The molecule has 1 aromatic heterocycles. The summed E-state index contributed by atoms with van der Waals surface area (Å²) in [6.45, 7) is 0. The lowest BCUT2D eigenvalue weighted by atomic mass is 10.1. The Kier molecular flexibility index (Phi) is 3.10. The molecule has 0 spiro atoms. The van der Waals surface area contributed by atoms with E-state index in [1.165, 1.54) is 32.4 Å². The highest BCUT2D eigenvalue weighted by Crippen LogP contribution is 2.27. The van der Waals surface area contributed by atoms with Gasteiger partial charge in [-0.1, -0.05) is 12.1 Å². The molecule has 0 amide bonds. The van der Waals surface area contributed by atoms with Crippen LogP contribution in [0.15, 0.2) is 36.5 Å². The van der Waals surface area contributed by atoms with E-state index in [0.29, 0.717) is 11.3 Å². The first kappa shape index (κ1) is 12.6. The molecule has 0 fully saturated rings. The highest BCUT2D eigenvalue weighted by molar-refractivity contribution is 7.87. The zero-order valence-electron chi connectivity index (χ0n) is 9.98. The Hall–Kier alpha value is -1.86. The molecule has 0 saturated heterocycles. The van der Waals surface area contributed by atoms with Crippen LogP contribution in [0.1, 0.15) is 0 Å². The topological polar surface area (TPSA) is 75.4 Å². The summed E-state index contributed by atoms with van der Waals surface area (Å²) in [7, 11) is -0.765. The number of aromatic nitrogens is 2. The summed E-state index contributed by atoms with van der Waals surface area (Å²) in [5.74, 6) is 0.0602. The lowest BCUT2D eigenvalue weighted by molar-refractivity contribution is 0.477. The van der Waals surface area contributed by atoms with Crippen LogP contribution in [0.25, 0.3) is 11.3 Å². The predicted octanol–water partition coefficient (Wildman–Crippen LogP) is 0.910. The second-order valence-corrected chi connectivity index (χ2v) is 5.88. The van der Waals surface area contributed by atoms with E-state index in [1.807, 2.05) is 0 Å². The molecule has 0 aliphatic rings. The lowest BCUT2D eigenvalue weighted by Gasteiger charge is -2.10. The number of phenolic OH excluding ortho intramolecular Hbond substituents is 1. The molecular weight excluding hydrogens is 254 g/mol. The van der Waals surface area contributed by atoms with Crippen LogP contribution in [0.5, 0.6) is 5.75 Å². The predicted molar refractivity (Wildman–Crippen MR) is 67.3 cm³/mol. The Morgan fingerprint density at radius 1 is 1.22 bits per heavy atom. The molecule has 96 valence electrons. The Labute approximate surface area is 105 Å². The highest BCUT2D eigenvalue weighted by atomic mass is 32.2. The van der Waals surface area contributed by atoms with Crippen molar-refractivity contribution < 1.29 is 13.5 Å². The molecule has 1 aromatic carbocycles. The van der Waals surface area contributed by atoms with Crippen LogP contribution in [0.2, 0.25) is 0 Å². The van der Waals surface area contributed by atoms with Crippen molar-refractivity contribution in [2.45, 2.75) is 0 Å². The fourth-order valence-electron chi connectivity index (χ4n) is 1.44. The van der Waals surface area contributed by atoms with Crippen molar-refractivity contribution in [2.75, 3.05) is 14.1 Å². The molecule has 18 heavy (non-hydrogen) atoms. The monoisotopic (exact) mass is 267 g/mol. The lowest BCUT2D eigenvalue weighted by Crippen LogP contribution is -2.29. The van der Waals surface area contributed by atoms with Gasteiger partial charge in [-0.2, -0.15) is 21.9 Å². The van der Waals surface area contributed by atoms with Crippen LogP contribution in [0.4, 0.5) is 0 Å². The van der Waals surface area contributed by atoms with E-state index >= 15 is 0 Å². The van der Waals surface area contributed by atoms with E-state index in [0.717, 1.165) is 8.39 Å². The van der Waals surface area contributed by atoms with Gasteiger partial charge in [-0.25, -0.2) is 0 Å². The maximum Gasteiger partial charge on any atom is 0.322 e. The highest BCUT2D eigenvalue weighted by Gasteiger charge is 2.18. The van der Waals surface area contributed by atoms with Gasteiger partial charge >= 0.3 is 10.2 Å². The molecule has 2 aromatic rings. The van der Waals surface area contributed by atoms with Crippen molar-refractivity contribution in [2.24, 2.45) is 0 Å². The number of benzene rings is 1. The normalized spacial score (nSPS) is 11.9. The minimum absolute atomic E-state index is 0.0602. The molecule has 0 aliphatic heterocycles. The van der Waals surface area contributed by atoms with Crippen LogP contribution in [0.3, 0.4) is 0 Å². The fourth-order valence-corrected chi connectivity index (χ4v) is 2.18. The molecule has 0 atom stereocenters. The van der Waals surface area contributed by atoms with Gasteiger partial charge in [-0.05, 0) is 18.2 Å². The molecule has 2 rings (SSSR count). The van der Waals surface area contributed by atoms with Crippen molar-refractivity contribution in [3.63, 3.8) is 0 Å². The maximum absolute atomic E-state index is 11.8. The van der Waals surface area contributed by atoms with E-state index < -0.39 is 10.2 Å². The average Bonchev–Trinajstić information content (AvgIpc) is 2.79. The fraction of sp³-hybridized carbons (Fsp3) is 0.182. The summed E-state index contributed by atoms with van der Waals surface area (Å²) in [5, 5.41) is 13.6. The van der Waals surface area contributed by atoms with E-state index in [-0.39, 0.29) is 5.75 Å². The second-order valence-electron chi connectivity index (χ2n) is 3.88. The van der Waals surface area contributed by atoms with E-state index in [1.54, 1.807) is 18.2 Å². The number of hydrogen-bond donors (Lipinski definition) is 1. The summed E-state index contributed by atoms with van der Waals surface area (Å²) in [5.41, 5.74) is 0.892. The van der Waals surface area contributed by atoms with Gasteiger partial charge in [0.15, 0.2) is 0 Å². The summed E-state index contributed by atoms with van der Waals surface area (Å²) in [4.78, 5) is 0. The largest absolute Gasteiger partial charge is 0.507 e.